The van der Waals surface area contributed by atoms with Gasteiger partial charge in [0.1, 0.15) is 0 Å². The normalized spacial score (nSPS) is 39.8. The number of likely N-dealkylation sites (N-methyl/N-ethyl adjacent to an activating group) is 1. The van der Waals surface area contributed by atoms with Gasteiger partial charge in [-0.25, -0.2) is 0 Å². The minimum Gasteiger partial charge on any atom is -0.352 e. The predicted octanol–water partition coefficient (Wildman–Crippen LogP) is 5.07. The largest absolute Gasteiger partial charge is 0.352 e. The van der Waals surface area contributed by atoms with Crippen LogP contribution in [0.15, 0.2) is 48.6 Å². The molecule has 2 amide bonds. The zero-order valence-electron chi connectivity index (χ0n) is 20.3. The molecule has 4 aliphatic rings. The van der Waals surface area contributed by atoms with Crippen LogP contribution in [0.1, 0.15) is 57.9 Å². The fraction of sp³-hybridized carbons (Fsp3) is 0.586. The van der Waals surface area contributed by atoms with E-state index in [1.807, 2.05) is 54.4 Å². The van der Waals surface area contributed by atoms with Gasteiger partial charge in [-0.15, -0.1) is 0 Å². The third-order valence-electron chi connectivity index (χ3n) is 10.1. The summed E-state index contributed by atoms with van der Waals surface area (Å²) in [7, 11) is 1.99. The maximum Gasteiger partial charge on any atom is 0.246 e. The van der Waals surface area contributed by atoms with Gasteiger partial charge in [-0.05, 0) is 85.3 Å². The zero-order chi connectivity index (χ0) is 23.2. The maximum atomic E-state index is 12.5. The van der Waals surface area contributed by atoms with E-state index in [1.165, 1.54) is 32.1 Å². The number of rotatable bonds is 4. The van der Waals surface area contributed by atoms with Crippen LogP contribution >= 0.6 is 0 Å². The van der Waals surface area contributed by atoms with Gasteiger partial charge in [-0.1, -0.05) is 50.3 Å². The van der Waals surface area contributed by atoms with E-state index in [-0.39, 0.29) is 17.2 Å². The molecule has 0 bridgehead atoms. The minimum absolute atomic E-state index is 0.00709. The maximum absolute atomic E-state index is 12.5. The molecule has 3 saturated carbocycles. The van der Waals surface area contributed by atoms with Gasteiger partial charge in [-0.3, -0.25) is 9.59 Å². The van der Waals surface area contributed by atoms with E-state index >= 15 is 0 Å². The second-order valence-corrected chi connectivity index (χ2v) is 11.4. The van der Waals surface area contributed by atoms with Crippen LogP contribution in [0.2, 0.25) is 0 Å². The van der Waals surface area contributed by atoms with E-state index in [0.717, 1.165) is 30.4 Å². The number of carbonyl (C=O) groups is 2. The molecule has 4 heteroatoms. The molecule has 176 valence electrons. The highest BCUT2D eigenvalue weighted by atomic mass is 16.2. The SMILES string of the molecule is CN1C(=O)C=C[C@]2(C)[C@H]3CC[C@]4(C)[C@@H](CNC(=O)/C=C/c5ccccc5)CC[C@H]4[C@@H]3CC[C@@H]12. The number of nitrogens with zero attached hydrogens (tertiary/aromatic N) is 1. The molecule has 7 atom stereocenters. The molecule has 0 spiro atoms. The number of hydrogen-bond donors (Lipinski definition) is 1. The van der Waals surface area contributed by atoms with Crippen LogP contribution < -0.4 is 5.32 Å². The van der Waals surface area contributed by atoms with Gasteiger partial charge in [0.15, 0.2) is 0 Å². The highest BCUT2D eigenvalue weighted by Gasteiger charge is 2.60. The molecule has 1 N–H and O–H groups in total. The Kier molecular flexibility index (Phi) is 5.74. The molecule has 0 unspecified atom stereocenters. The zero-order valence-corrected chi connectivity index (χ0v) is 20.3. The van der Waals surface area contributed by atoms with Crippen LogP contribution in [0, 0.1) is 34.5 Å². The van der Waals surface area contributed by atoms with Gasteiger partial charge in [0, 0.05) is 31.1 Å². The van der Waals surface area contributed by atoms with Crippen molar-refractivity contribution in [2.24, 2.45) is 34.5 Å². The van der Waals surface area contributed by atoms with Crippen LogP contribution in [0.25, 0.3) is 6.08 Å². The lowest BCUT2D eigenvalue weighted by molar-refractivity contribution is -0.139. The summed E-state index contributed by atoms with van der Waals surface area (Å²) in [6.45, 7) is 5.68. The Bertz CT molecular complexity index is 969. The Morgan fingerprint density at radius 3 is 2.67 bits per heavy atom. The molecule has 3 aliphatic carbocycles. The van der Waals surface area contributed by atoms with Crippen LogP contribution in [-0.2, 0) is 9.59 Å². The van der Waals surface area contributed by atoms with Gasteiger partial charge in [0.25, 0.3) is 0 Å². The average Bonchev–Trinajstić information content (AvgIpc) is 3.16. The average molecular weight is 447 g/mol. The molecule has 3 fully saturated rings. The van der Waals surface area contributed by atoms with Crippen LogP contribution in [0.3, 0.4) is 0 Å². The Hall–Kier alpha value is -2.36. The first-order chi connectivity index (χ1) is 15.8. The molecule has 0 radical (unpaired) electrons. The van der Waals surface area contributed by atoms with Crippen molar-refractivity contribution in [1.82, 2.24) is 10.2 Å². The summed E-state index contributed by atoms with van der Waals surface area (Å²) in [5.41, 5.74) is 1.45. The standard InChI is InChI=1S/C29H38N2O2/c1-28-17-15-24-22(11-13-25-29(24,2)18-16-27(33)31(25)3)23(28)12-10-21(28)19-30-26(32)14-9-20-7-5-4-6-8-20/h4-9,14,16,18,21-25H,10-13,15,17,19H2,1-3H3,(H,30,32)/b14-9+/t21-,22+,23+,24+,25-,28-,29-/m1/s1. The summed E-state index contributed by atoms with van der Waals surface area (Å²) in [5.74, 6) is 2.83. The summed E-state index contributed by atoms with van der Waals surface area (Å²) >= 11 is 0. The summed E-state index contributed by atoms with van der Waals surface area (Å²) in [6, 6.07) is 10.3. The first kappa shape index (κ1) is 22.4. The van der Waals surface area contributed by atoms with Crippen molar-refractivity contribution in [2.45, 2.75) is 58.4 Å². The second kappa shape index (κ2) is 8.45. The van der Waals surface area contributed by atoms with Crippen molar-refractivity contribution in [3.63, 3.8) is 0 Å². The van der Waals surface area contributed by atoms with Crippen molar-refractivity contribution in [1.29, 1.82) is 0 Å². The summed E-state index contributed by atoms with van der Waals surface area (Å²) in [4.78, 5) is 26.8. The molecular weight excluding hydrogens is 408 g/mol. The first-order valence-corrected chi connectivity index (χ1v) is 12.8. The van der Waals surface area contributed by atoms with Crippen LogP contribution in [0.4, 0.5) is 0 Å². The Morgan fingerprint density at radius 1 is 1.09 bits per heavy atom. The number of fused-ring (bicyclic) bond motifs is 5. The summed E-state index contributed by atoms with van der Waals surface area (Å²) in [6.07, 6.45) is 14.9. The van der Waals surface area contributed by atoms with E-state index < -0.39 is 0 Å². The quantitative estimate of drug-likeness (QED) is 0.657. The molecule has 4 nitrogen and oxygen atoms in total. The topological polar surface area (TPSA) is 49.4 Å². The molecule has 0 aromatic heterocycles. The molecule has 0 saturated heterocycles. The number of carbonyl (C=O) groups excluding carboxylic acids is 2. The van der Waals surface area contributed by atoms with E-state index in [0.29, 0.717) is 23.3 Å². The first-order valence-electron chi connectivity index (χ1n) is 12.8. The van der Waals surface area contributed by atoms with E-state index in [4.69, 9.17) is 0 Å². The number of hydrogen-bond acceptors (Lipinski definition) is 2. The van der Waals surface area contributed by atoms with Crippen molar-refractivity contribution in [2.75, 3.05) is 13.6 Å². The Labute approximate surface area is 198 Å². The predicted molar refractivity (Wildman–Crippen MR) is 132 cm³/mol. The molecule has 1 aliphatic heterocycles. The molecule has 33 heavy (non-hydrogen) atoms. The monoisotopic (exact) mass is 446 g/mol. The van der Waals surface area contributed by atoms with Crippen molar-refractivity contribution >= 4 is 17.9 Å². The highest BCUT2D eigenvalue weighted by molar-refractivity contribution is 5.91. The molecule has 1 aromatic carbocycles. The van der Waals surface area contributed by atoms with E-state index in [2.05, 4.69) is 25.2 Å². The summed E-state index contributed by atoms with van der Waals surface area (Å²) < 4.78 is 0. The highest BCUT2D eigenvalue weighted by Crippen LogP contribution is 2.65. The van der Waals surface area contributed by atoms with Crippen molar-refractivity contribution in [3.8, 4) is 0 Å². The fourth-order valence-electron chi connectivity index (χ4n) is 8.20. The smallest absolute Gasteiger partial charge is 0.246 e. The van der Waals surface area contributed by atoms with Gasteiger partial charge in [0.2, 0.25) is 11.8 Å². The second-order valence-electron chi connectivity index (χ2n) is 11.4. The number of nitrogens with one attached hydrogen (secondary N) is 1. The minimum atomic E-state index is 0.00709. The lowest BCUT2D eigenvalue weighted by atomic mass is 9.47. The lowest BCUT2D eigenvalue weighted by Gasteiger charge is -2.60. The Balaban J connectivity index is 1.25. The van der Waals surface area contributed by atoms with Crippen molar-refractivity contribution in [3.05, 3.63) is 54.1 Å². The molecule has 1 heterocycles. The van der Waals surface area contributed by atoms with Gasteiger partial charge in [-0.2, -0.15) is 0 Å². The van der Waals surface area contributed by atoms with Gasteiger partial charge >= 0.3 is 0 Å². The molecular formula is C29H38N2O2. The van der Waals surface area contributed by atoms with Crippen LogP contribution in [0.5, 0.6) is 0 Å². The third kappa shape index (κ3) is 3.76. The number of benzene rings is 1. The summed E-state index contributed by atoms with van der Waals surface area (Å²) in [5, 5.41) is 3.21. The third-order valence-corrected chi connectivity index (χ3v) is 10.1. The molecule has 5 rings (SSSR count). The van der Waals surface area contributed by atoms with Gasteiger partial charge in [0.05, 0.1) is 0 Å². The Morgan fingerprint density at radius 2 is 1.88 bits per heavy atom. The van der Waals surface area contributed by atoms with Crippen molar-refractivity contribution < 1.29 is 9.59 Å². The van der Waals surface area contributed by atoms with Gasteiger partial charge < -0.3 is 10.2 Å². The van der Waals surface area contributed by atoms with Crippen LogP contribution in [-0.4, -0.2) is 36.3 Å². The molecule has 1 aromatic rings. The van der Waals surface area contributed by atoms with E-state index in [1.54, 1.807) is 6.08 Å². The fourth-order valence-corrected chi connectivity index (χ4v) is 8.20. The lowest BCUT2D eigenvalue weighted by Crippen LogP contribution is -2.59. The number of amides is 2. The van der Waals surface area contributed by atoms with E-state index in [9.17, 15) is 9.59 Å².